The highest BCUT2D eigenvalue weighted by molar-refractivity contribution is 5.86. The predicted molar refractivity (Wildman–Crippen MR) is 128 cm³/mol. The van der Waals surface area contributed by atoms with Crippen LogP contribution in [0, 0.1) is 5.92 Å². The van der Waals surface area contributed by atoms with Crippen molar-refractivity contribution in [1.29, 1.82) is 0 Å². The lowest BCUT2D eigenvalue weighted by Crippen LogP contribution is -2.59. The van der Waals surface area contributed by atoms with Gasteiger partial charge in [-0.2, -0.15) is 10.1 Å². The lowest BCUT2D eigenvalue weighted by atomic mass is 9.84. The summed E-state index contributed by atoms with van der Waals surface area (Å²) in [4.78, 5) is 22.8. The average molecular weight is 462 g/mol. The molecule has 2 atom stereocenters. The van der Waals surface area contributed by atoms with Gasteiger partial charge >= 0.3 is 0 Å². The van der Waals surface area contributed by atoms with Crippen LogP contribution >= 0.6 is 0 Å². The Bertz CT molecular complexity index is 1210. The molecule has 10 heteroatoms. The number of nitrogens with zero attached hydrogens (tertiary/aromatic N) is 6. The van der Waals surface area contributed by atoms with Gasteiger partial charge in [-0.1, -0.05) is 0 Å². The smallest absolute Gasteiger partial charge is 0.246 e. The van der Waals surface area contributed by atoms with Gasteiger partial charge in [0.05, 0.1) is 0 Å². The summed E-state index contributed by atoms with van der Waals surface area (Å²) in [7, 11) is 0. The minimum absolute atomic E-state index is 0.114. The third kappa shape index (κ3) is 3.60. The molecule has 1 saturated carbocycles. The van der Waals surface area contributed by atoms with E-state index in [9.17, 15) is 4.79 Å². The molecule has 4 saturated heterocycles. The molecule has 0 radical (unpaired) electrons. The Morgan fingerprint density at radius 3 is 2.79 bits per heavy atom. The van der Waals surface area contributed by atoms with Gasteiger partial charge < -0.3 is 20.4 Å². The topological polar surface area (TPSA) is 106 Å². The molecule has 10 nitrogen and oxygen atoms in total. The van der Waals surface area contributed by atoms with Crippen molar-refractivity contribution in [1.82, 2.24) is 35.0 Å². The van der Waals surface area contributed by atoms with Crippen LogP contribution in [0.5, 0.6) is 0 Å². The molecule has 7 heterocycles. The van der Waals surface area contributed by atoms with Gasteiger partial charge in [-0.15, -0.1) is 5.10 Å². The monoisotopic (exact) mass is 461 g/mol. The molecule has 1 aliphatic carbocycles. The van der Waals surface area contributed by atoms with E-state index in [1.807, 2.05) is 22.8 Å². The van der Waals surface area contributed by atoms with E-state index in [1.165, 1.54) is 44.5 Å². The number of nitrogens with one attached hydrogen (secondary N) is 3. The number of piperidine rings is 3. The van der Waals surface area contributed by atoms with E-state index in [-0.39, 0.29) is 18.0 Å². The van der Waals surface area contributed by atoms with Crippen molar-refractivity contribution >= 4 is 29.0 Å². The van der Waals surface area contributed by atoms with Crippen LogP contribution in [0.4, 0.5) is 17.6 Å². The summed E-state index contributed by atoms with van der Waals surface area (Å²) in [5.41, 5.74) is 2.06. The summed E-state index contributed by atoms with van der Waals surface area (Å²) in [6.45, 7) is 4.10. The van der Waals surface area contributed by atoms with Gasteiger partial charge in [0.1, 0.15) is 11.6 Å². The van der Waals surface area contributed by atoms with E-state index < -0.39 is 0 Å². The van der Waals surface area contributed by atoms with Crippen molar-refractivity contribution in [2.45, 2.75) is 56.5 Å². The number of carbonyl (C=O) groups is 1. The first-order chi connectivity index (χ1) is 16.7. The van der Waals surface area contributed by atoms with Gasteiger partial charge in [0.25, 0.3) is 0 Å². The Kier molecular flexibility index (Phi) is 4.75. The maximum Gasteiger partial charge on any atom is 0.246 e. The molecular formula is C24H31N9O. The van der Waals surface area contributed by atoms with E-state index in [2.05, 4.69) is 36.7 Å². The summed E-state index contributed by atoms with van der Waals surface area (Å²) in [6, 6.07) is 6.05. The summed E-state index contributed by atoms with van der Waals surface area (Å²) in [5, 5.41) is 19.1. The molecule has 34 heavy (non-hydrogen) atoms. The number of hydrogen-bond acceptors (Lipinski definition) is 7. The van der Waals surface area contributed by atoms with Gasteiger partial charge in [0, 0.05) is 43.0 Å². The van der Waals surface area contributed by atoms with E-state index in [0.29, 0.717) is 23.6 Å². The standard InChI is InChI=1S/C24H31N9O/c34-23(25-18-14-31-11-7-16(18)8-12-31)20-4-1-9-32(20)24-27-22(19-3-2-10-33(19)30-24)26-21-13-17(28-29-21)15-5-6-15/h2-3,10,13,15-16,18,20H,1,4-9,11-12,14H2,(H,25,34)(H2,26,27,28,29,30)/t18-,20?/m0/s1. The Labute approximate surface area is 198 Å². The van der Waals surface area contributed by atoms with Gasteiger partial charge in [-0.25, -0.2) is 4.52 Å². The van der Waals surface area contributed by atoms with Crippen molar-refractivity contribution in [2.24, 2.45) is 5.92 Å². The second kappa shape index (κ2) is 7.97. The second-order valence-corrected chi connectivity index (χ2v) is 10.3. The highest BCUT2D eigenvalue weighted by Crippen LogP contribution is 2.40. The van der Waals surface area contributed by atoms with Crippen molar-refractivity contribution in [2.75, 3.05) is 36.4 Å². The van der Waals surface area contributed by atoms with Gasteiger partial charge in [0.15, 0.2) is 11.6 Å². The Balaban J connectivity index is 1.13. The maximum atomic E-state index is 13.4. The number of anilines is 3. The lowest BCUT2D eigenvalue weighted by Gasteiger charge is -2.45. The van der Waals surface area contributed by atoms with Gasteiger partial charge in [-0.05, 0) is 69.7 Å². The highest BCUT2D eigenvalue weighted by atomic mass is 16.2. The minimum Gasteiger partial charge on any atom is -0.350 e. The first kappa shape index (κ1) is 20.3. The first-order valence-electron chi connectivity index (χ1n) is 12.7. The molecule has 1 unspecified atom stereocenters. The van der Waals surface area contributed by atoms with Crippen LogP contribution in [0.25, 0.3) is 5.52 Å². The Morgan fingerprint density at radius 1 is 1.12 bits per heavy atom. The maximum absolute atomic E-state index is 13.4. The molecule has 0 aromatic carbocycles. The molecule has 1 amide bonds. The molecule has 5 aliphatic rings. The Hall–Kier alpha value is -3.14. The molecule has 3 aromatic heterocycles. The molecule has 3 aromatic rings. The van der Waals surface area contributed by atoms with Crippen LogP contribution in [-0.4, -0.2) is 73.9 Å². The van der Waals surface area contributed by atoms with Crippen LogP contribution in [0.15, 0.2) is 24.4 Å². The van der Waals surface area contributed by atoms with Crippen LogP contribution in [0.3, 0.4) is 0 Å². The van der Waals surface area contributed by atoms with Crippen LogP contribution < -0.4 is 15.5 Å². The summed E-state index contributed by atoms with van der Waals surface area (Å²) < 4.78 is 1.83. The third-order valence-corrected chi connectivity index (χ3v) is 8.04. The number of hydrogen-bond donors (Lipinski definition) is 3. The van der Waals surface area contributed by atoms with E-state index in [1.54, 1.807) is 0 Å². The number of carbonyl (C=O) groups excluding carboxylic acids is 1. The predicted octanol–water partition coefficient (Wildman–Crippen LogP) is 2.25. The number of aromatic nitrogens is 5. The number of amides is 1. The molecule has 4 aliphatic heterocycles. The van der Waals surface area contributed by atoms with Gasteiger partial charge in [0.2, 0.25) is 11.9 Å². The molecule has 2 bridgehead atoms. The molecule has 3 N–H and O–H groups in total. The molecular weight excluding hydrogens is 430 g/mol. The molecule has 8 rings (SSSR count). The second-order valence-electron chi connectivity index (χ2n) is 10.3. The Morgan fingerprint density at radius 2 is 2.00 bits per heavy atom. The number of aromatic amines is 1. The molecule has 178 valence electrons. The summed E-state index contributed by atoms with van der Waals surface area (Å²) in [6.07, 6.45) is 8.53. The SMILES string of the molecule is O=C(N[C@H]1CN2CCC1CC2)C1CCCN1c1nc(Nc2cc(C3CC3)[nH]n2)c2cccn2n1. The third-order valence-electron chi connectivity index (χ3n) is 8.04. The molecule has 5 fully saturated rings. The fraction of sp³-hybridized carbons (Fsp3) is 0.583. The van der Waals surface area contributed by atoms with Crippen molar-refractivity contribution in [3.05, 3.63) is 30.1 Å². The minimum atomic E-state index is -0.233. The van der Waals surface area contributed by atoms with E-state index in [4.69, 9.17) is 10.1 Å². The summed E-state index contributed by atoms with van der Waals surface area (Å²) >= 11 is 0. The van der Waals surface area contributed by atoms with Crippen molar-refractivity contribution in [3.63, 3.8) is 0 Å². The number of fused-ring (bicyclic) bond motifs is 4. The highest BCUT2D eigenvalue weighted by Gasteiger charge is 2.39. The van der Waals surface area contributed by atoms with Crippen LogP contribution in [0.2, 0.25) is 0 Å². The van der Waals surface area contributed by atoms with Crippen molar-refractivity contribution < 1.29 is 4.79 Å². The average Bonchev–Trinajstić information content (AvgIpc) is 3.25. The van der Waals surface area contributed by atoms with Crippen LogP contribution in [0.1, 0.15) is 50.1 Å². The van der Waals surface area contributed by atoms with Crippen molar-refractivity contribution in [3.8, 4) is 0 Å². The van der Waals surface area contributed by atoms with E-state index in [0.717, 1.165) is 37.3 Å². The zero-order valence-corrected chi connectivity index (χ0v) is 19.3. The largest absolute Gasteiger partial charge is 0.350 e. The molecule has 0 spiro atoms. The fourth-order valence-corrected chi connectivity index (χ4v) is 5.95. The zero-order valence-electron chi connectivity index (χ0n) is 19.3. The number of rotatable bonds is 6. The van der Waals surface area contributed by atoms with E-state index >= 15 is 0 Å². The summed E-state index contributed by atoms with van der Waals surface area (Å²) in [5.74, 6) is 3.37. The number of H-pyrrole nitrogens is 1. The lowest BCUT2D eigenvalue weighted by molar-refractivity contribution is -0.124. The zero-order chi connectivity index (χ0) is 22.6. The van der Waals surface area contributed by atoms with Gasteiger partial charge in [-0.3, -0.25) is 9.89 Å². The normalized spacial score (nSPS) is 28.5. The quantitative estimate of drug-likeness (QED) is 0.517. The fourth-order valence-electron chi connectivity index (χ4n) is 5.95. The first-order valence-corrected chi connectivity index (χ1v) is 12.7. The van der Waals surface area contributed by atoms with Crippen LogP contribution in [-0.2, 0) is 4.79 Å².